The lowest BCUT2D eigenvalue weighted by Gasteiger charge is -2.16. The summed E-state index contributed by atoms with van der Waals surface area (Å²) in [4.78, 5) is 13.9. The van der Waals surface area contributed by atoms with Crippen LogP contribution in [0.2, 0.25) is 0 Å². The Morgan fingerprint density at radius 3 is 2.88 bits per heavy atom. The van der Waals surface area contributed by atoms with Gasteiger partial charge in [-0.2, -0.15) is 0 Å². The van der Waals surface area contributed by atoms with Crippen LogP contribution in [0.25, 0.3) is 0 Å². The maximum atomic E-state index is 12.1. The third-order valence-electron chi connectivity index (χ3n) is 3.50. The average Bonchev–Trinajstić information content (AvgIpc) is 2.81. The Morgan fingerprint density at radius 2 is 2.24 bits per heavy atom. The smallest absolute Gasteiger partial charge is 0.227 e. The number of benzene rings is 1. The fraction of sp³-hybridized carbons (Fsp3) is 0.500. The number of carbonyl (C=O) groups is 1. The monoisotopic (exact) mass is 233 g/mol. The van der Waals surface area contributed by atoms with Crippen molar-refractivity contribution in [1.29, 1.82) is 0 Å². The molecule has 0 aromatic heterocycles. The van der Waals surface area contributed by atoms with E-state index in [1.165, 1.54) is 5.56 Å². The van der Waals surface area contributed by atoms with Gasteiger partial charge in [-0.15, -0.1) is 0 Å². The number of carbonyl (C=O) groups excluding carboxylic acids is 1. The molecule has 1 unspecified atom stereocenters. The molecule has 1 aromatic carbocycles. The minimum Gasteiger partial charge on any atom is -0.396 e. The minimum absolute atomic E-state index is 0.176. The Hall–Kier alpha value is -1.35. The second kappa shape index (κ2) is 5.32. The highest BCUT2D eigenvalue weighted by Gasteiger charge is 2.25. The molecule has 92 valence electrons. The van der Waals surface area contributed by atoms with E-state index in [-0.39, 0.29) is 18.4 Å². The van der Waals surface area contributed by atoms with Crippen LogP contribution in [0.4, 0.5) is 0 Å². The highest BCUT2D eigenvalue weighted by Crippen LogP contribution is 2.17. The van der Waals surface area contributed by atoms with Crippen LogP contribution in [-0.4, -0.2) is 35.6 Å². The van der Waals surface area contributed by atoms with Crippen molar-refractivity contribution in [3.05, 3.63) is 35.4 Å². The Morgan fingerprint density at radius 1 is 1.47 bits per heavy atom. The molecule has 0 saturated carbocycles. The van der Waals surface area contributed by atoms with E-state index in [9.17, 15) is 4.79 Å². The molecule has 1 atom stereocenters. The van der Waals surface area contributed by atoms with Gasteiger partial charge in [-0.05, 0) is 24.5 Å². The summed E-state index contributed by atoms with van der Waals surface area (Å²) in [5.74, 6) is 0.450. The Balaban J connectivity index is 1.96. The zero-order chi connectivity index (χ0) is 12.3. The first kappa shape index (κ1) is 12.1. The Kier molecular flexibility index (Phi) is 3.79. The highest BCUT2D eigenvalue weighted by atomic mass is 16.3. The molecule has 0 spiro atoms. The summed E-state index contributed by atoms with van der Waals surface area (Å²) in [6.45, 7) is 3.72. The van der Waals surface area contributed by atoms with E-state index in [0.29, 0.717) is 13.0 Å². The lowest BCUT2D eigenvalue weighted by molar-refractivity contribution is -0.129. The number of hydrogen-bond donors (Lipinski definition) is 1. The number of nitrogens with zero attached hydrogens (tertiary/aromatic N) is 1. The van der Waals surface area contributed by atoms with Gasteiger partial charge in [0.2, 0.25) is 5.91 Å². The number of aliphatic hydroxyl groups excluding tert-OH is 1. The van der Waals surface area contributed by atoms with Crippen LogP contribution >= 0.6 is 0 Å². The SMILES string of the molecule is Cc1ccccc1CC(=O)N1CCC(CO)C1. The number of amides is 1. The zero-order valence-corrected chi connectivity index (χ0v) is 10.2. The van der Waals surface area contributed by atoms with Gasteiger partial charge in [0.1, 0.15) is 0 Å². The van der Waals surface area contributed by atoms with Crippen molar-refractivity contribution in [1.82, 2.24) is 4.90 Å². The van der Waals surface area contributed by atoms with Crippen LogP contribution < -0.4 is 0 Å². The molecule has 3 nitrogen and oxygen atoms in total. The van der Waals surface area contributed by atoms with Gasteiger partial charge < -0.3 is 10.0 Å². The third kappa shape index (κ3) is 2.86. The van der Waals surface area contributed by atoms with E-state index in [4.69, 9.17) is 5.11 Å². The molecule has 0 aliphatic carbocycles. The van der Waals surface area contributed by atoms with Crippen molar-refractivity contribution in [2.75, 3.05) is 19.7 Å². The van der Waals surface area contributed by atoms with E-state index >= 15 is 0 Å². The summed E-state index contributed by atoms with van der Waals surface area (Å²) >= 11 is 0. The largest absolute Gasteiger partial charge is 0.396 e. The van der Waals surface area contributed by atoms with Crippen molar-refractivity contribution in [3.63, 3.8) is 0 Å². The third-order valence-corrected chi connectivity index (χ3v) is 3.50. The summed E-state index contributed by atoms with van der Waals surface area (Å²) in [7, 11) is 0. The fourth-order valence-corrected chi connectivity index (χ4v) is 2.29. The van der Waals surface area contributed by atoms with Crippen molar-refractivity contribution < 1.29 is 9.90 Å². The van der Waals surface area contributed by atoms with E-state index in [1.807, 2.05) is 36.1 Å². The maximum Gasteiger partial charge on any atom is 0.227 e. The van der Waals surface area contributed by atoms with Gasteiger partial charge >= 0.3 is 0 Å². The summed E-state index contributed by atoms with van der Waals surface area (Å²) in [5.41, 5.74) is 2.27. The predicted octanol–water partition coefficient (Wildman–Crippen LogP) is 1.38. The molecule has 1 amide bonds. The standard InChI is InChI=1S/C14H19NO2/c1-11-4-2-3-5-13(11)8-14(17)15-7-6-12(9-15)10-16/h2-5,12,16H,6-10H2,1H3. The van der Waals surface area contributed by atoms with Gasteiger partial charge in [0.15, 0.2) is 0 Å². The zero-order valence-electron chi connectivity index (χ0n) is 10.2. The quantitative estimate of drug-likeness (QED) is 0.856. The van der Waals surface area contributed by atoms with Crippen LogP contribution in [0.3, 0.4) is 0 Å². The van der Waals surface area contributed by atoms with Crippen molar-refractivity contribution in [2.24, 2.45) is 5.92 Å². The Bertz CT molecular complexity index is 403. The van der Waals surface area contributed by atoms with E-state index in [2.05, 4.69) is 0 Å². The van der Waals surface area contributed by atoms with Gasteiger partial charge in [-0.1, -0.05) is 24.3 Å². The molecule has 1 aliphatic rings. The lowest BCUT2D eigenvalue weighted by Crippen LogP contribution is -2.30. The van der Waals surface area contributed by atoms with Gasteiger partial charge in [0.25, 0.3) is 0 Å². The molecule has 17 heavy (non-hydrogen) atoms. The predicted molar refractivity (Wildman–Crippen MR) is 66.7 cm³/mol. The molecule has 1 aromatic rings. The normalized spacial score (nSPS) is 19.6. The topological polar surface area (TPSA) is 40.5 Å². The van der Waals surface area contributed by atoms with Gasteiger partial charge in [-0.3, -0.25) is 4.79 Å². The van der Waals surface area contributed by atoms with Gasteiger partial charge in [-0.25, -0.2) is 0 Å². The molecule has 0 radical (unpaired) electrons. The number of rotatable bonds is 3. The van der Waals surface area contributed by atoms with Crippen molar-refractivity contribution >= 4 is 5.91 Å². The molecule has 2 rings (SSSR count). The summed E-state index contributed by atoms with van der Waals surface area (Å²) in [5, 5.41) is 9.06. The second-order valence-corrected chi connectivity index (χ2v) is 4.78. The second-order valence-electron chi connectivity index (χ2n) is 4.78. The summed E-state index contributed by atoms with van der Waals surface area (Å²) in [6.07, 6.45) is 1.40. The number of likely N-dealkylation sites (tertiary alicyclic amines) is 1. The highest BCUT2D eigenvalue weighted by molar-refractivity contribution is 5.79. The fourth-order valence-electron chi connectivity index (χ4n) is 2.29. The molecular weight excluding hydrogens is 214 g/mol. The summed E-state index contributed by atoms with van der Waals surface area (Å²) in [6, 6.07) is 7.99. The van der Waals surface area contributed by atoms with Gasteiger partial charge in [0.05, 0.1) is 6.42 Å². The summed E-state index contributed by atoms with van der Waals surface area (Å²) < 4.78 is 0. The molecule has 1 fully saturated rings. The molecule has 1 N–H and O–H groups in total. The molecular formula is C14H19NO2. The van der Waals surface area contributed by atoms with E-state index < -0.39 is 0 Å². The number of aryl methyl sites for hydroxylation is 1. The van der Waals surface area contributed by atoms with Crippen molar-refractivity contribution in [3.8, 4) is 0 Å². The lowest BCUT2D eigenvalue weighted by atomic mass is 10.1. The van der Waals surface area contributed by atoms with Crippen LogP contribution in [0, 0.1) is 12.8 Å². The van der Waals surface area contributed by atoms with Gasteiger partial charge in [0, 0.05) is 25.6 Å². The minimum atomic E-state index is 0.176. The van der Waals surface area contributed by atoms with E-state index in [0.717, 1.165) is 18.5 Å². The Labute approximate surface area is 102 Å². The van der Waals surface area contributed by atoms with Crippen molar-refractivity contribution in [2.45, 2.75) is 19.8 Å². The van der Waals surface area contributed by atoms with Crippen LogP contribution in [-0.2, 0) is 11.2 Å². The average molecular weight is 233 g/mol. The molecule has 0 bridgehead atoms. The first-order valence-electron chi connectivity index (χ1n) is 6.14. The molecule has 3 heteroatoms. The number of aliphatic hydroxyl groups is 1. The van der Waals surface area contributed by atoms with E-state index in [1.54, 1.807) is 0 Å². The van der Waals surface area contributed by atoms with Crippen LogP contribution in [0.15, 0.2) is 24.3 Å². The molecule has 1 saturated heterocycles. The first-order chi connectivity index (χ1) is 8.20. The maximum absolute atomic E-state index is 12.1. The first-order valence-corrected chi connectivity index (χ1v) is 6.14. The molecule has 1 heterocycles. The molecule has 1 aliphatic heterocycles. The van der Waals surface area contributed by atoms with Crippen LogP contribution in [0.5, 0.6) is 0 Å². The number of hydrogen-bond acceptors (Lipinski definition) is 2. The van der Waals surface area contributed by atoms with Crippen LogP contribution in [0.1, 0.15) is 17.5 Å².